The number of nitrogens with zero attached hydrogens (tertiary/aromatic N) is 4. The number of rotatable bonds is 4. The SMILES string of the molecule is CCn1cnnc1CNc1ccc(C#N)c(C(F)(F)F)c1. The van der Waals surface area contributed by atoms with Gasteiger partial charge in [-0.3, -0.25) is 0 Å². The molecule has 8 heteroatoms. The van der Waals surface area contributed by atoms with E-state index in [2.05, 4.69) is 15.5 Å². The van der Waals surface area contributed by atoms with Crippen LogP contribution >= 0.6 is 0 Å². The van der Waals surface area contributed by atoms with Gasteiger partial charge in [0.15, 0.2) is 5.82 Å². The van der Waals surface area contributed by atoms with E-state index in [0.29, 0.717) is 12.4 Å². The average molecular weight is 295 g/mol. The Kier molecular flexibility index (Phi) is 4.12. The smallest absolute Gasteiger partial charge is 0.378 e. The van der Waals surface area contributed by atoms with Crippen LogP contribution in [0.2, 0.25) is 0 Å². The van der Waals surface area contributed by atoms with Crippen LogP contribution in [-0.2, 0) is 19.3 Å². The number of hydrogen-bond donors (Lipinski definition) is 1. The van der Waals surface area contributed by atoms with Gasteiger partial charge in [0.25, 0.3) is 0 Å². The van der Waals surface area contributed by atoms with Crippen LogP contribution < -0.4 is 5.32 Å². The van der Waals surface area contributed by atoms with Crippen LogP contribution in [0, 0.1) is 11.3 Å². The zero-order valence-corrected chi connectivity index (χ0v) is 11.1. The van der Waals surface area contributed by atoms with Gasteiger partial charge in [0.1, 0.15) is 6.33 Å². The molecule has 0 aliphatic heterocycles. The van der Waals surface area contributed by atoms with E-state index in [-0.39, 0.29) is 12.2 Å². The predicted octanol–water partition coefficient (Wildman–Crippen LogP) is 2.80. The summed E-state index contributed by atoms with van der Waals surface area (Å²) in [5.74, 6) is 0.621. The molecule has 0 saturated heterocycles. The minimum Gasteiger partial charge on any atom is -0.378 e. The summed E-state index contributed by atoms with van der Waals surface area (Å²) in [6, 6.07) is 5.04. The van der Waals surface area contributed by atoms with E-state index in [1.165, 1.54) is 6.07 Å². The summed E-state index contributed by atoms with van der Waals surface area (Å²) in [6.07, 6.45) is -3.01. The van der Waals surface area contributed by atoms with Crippen LogP contribution in [0.25, 0.3) is 0 Å². The fourth-order valence-electron chi connectivity index (χ4n) is 1.85. The van der Waals surface area contributed by atoms with Crippen LogP contribution in [-0.4, -0.2) is 14.8 Å². The minimum atomic E-state index is -4.56. The molecule has 1 aromatic carbocycles. The molecule has 0 spiro atoms. The van der Waals surface area contributed by atoms with E-state index in [1.54, 1.807) is 17.0 Å². The van der Waals surface area contributed by atoms with E-state index in [1.807, 2.05) is 6.92 Å². The van der Waals surface area contributed by atoms with Gasteiger partial charge >= 0.3 is 6.18 Å². The Labute approximate surface area is 119 Å². The van der Waals surface area contributed by atoms with Crippen molar-refractivity contribution >= 4 is 5.69 Å². The van der Waals surface area contributed by atoms with Crippen LogP contribution in [0.5, 0.6) is 0 Å². The van der Waals surface area contributed by atoms with Crippen molar-refractivity contribution in [2.24, 2.45) is 0 Å². The lowest BCUT2D eigenvalue weighted by Gasteiger charge is -2.12. The quantitative estimate of drug-likeness (QED) is 0.942. The standard InChI is InChI=1S/C13H12F3N5/c1-2-21-8-19-20-12(21)7-18-10-4-3-9(6-17)11(5-10)13(14,15)16/h3-5,8,18H,2,7H2,1H3. The van der Waals surface area contributed by atoms with Gasteiger partial charge < -0.3 is 9.88 Å². The molecule has 1 N–H and O–H groups in total. The van der Waals surface area contributed by atoms with Crippen molar-refractivity contribution in [3.05, 3.63) is 41.5 Å². The molecule has 1 heterocycles. The molecule has 0 saturated carbocycles. The molecule has 0 fully saturated rings. The number of benzene rings is 1. The molecule has 0 radical (unpaired) electrons. The Morgan fingerprint density at radius 2 is 2.14 bits per heavy atom. The fraction of sp³-hybridized carbons (Fsp3) is 0.308. The molecule has 2 aromatic rings. The van der Waals surface area contributed by atoms with Gasteiger partial charge in [0, 0.05) is 12.2 Å². The number of aryl methyl sites for hydroxylation is 1. The maximum atomic E-state index is 12.8. The molecule has 0 aliphatic rings. The lowest BCUT2D eigenvalue weighted by Crippen LogP contribution is -2.11. The number of anilines is 1. The van der Waals surface area contributed by atoms with E-state index in [4.69, 9.17) is 5.26 Å². The maximum absolute atomic E-state index is 12.8. The van der Waals surface area contributed by atoms with Crippen LogP contribution in [0.15, 0.2) is 24.5 Å². The van der Waals surface area contributed by atoms with Crippen LogP contribution in [0.4, 0.5) is 18.9 Å². The van der Waals surface area contributed by atoms with Crippen molar-refractivity contribution in [3.8, 4) is 6.07 Å². The van der Waals surface area contributed by atoms with Crippen molar-refractivity contribution in [2.45, 2.75) is 26.2 Å². The third kappa shape index (κ3) is 3.31. The van der Waals surface area contributed by atoms with Gasteiger partial charge in [-0.1, -0.05) is 0 Å². The number of halogens is 3. The zero-order chi connectivity index (χ0) is 15.5. The van der Waals surface area contributed by atoms with E-state index in [0.717, 1.165) is 12.1 Å². The fourth-order valence-corrected chi connectivity index (χ4v) is 1.85. The highest BCUT2D eigenvalue weighted by atomic mass is 19.4. The molecule has 0 unspecified atom stereocenters. The summed E-state index contributed by atoms with van der Waals surface area (Å²) >= 11 is 0. The first-order valence-electron chi connectivity index (χ1n) is 6.17. The lowest BCUT2D eigenvalue weighted by atomic mass is 10.1. The Balaban J connectivity index is 2.20. The first kappa shape index (κ1) is 14.8. The monoisotopic (exact) mass is 295 g/mol. The van der Waals surface area contributed by atoms with Gasteiger partial charge in [0.2, 0.25) is 0 Å². The van der Waals surface area contributed by atoms with Gasteiger partial charge in [-0.25, -0.2) is 0 Å². The molecule has 0 amide bonds. The highest BCUT2D eigenvalue weighted by molar-refractivity contribution is 5.53. The van der Waals surface area contributed by atoms with E-state index >= 15 is 0 Å². The number of nitrogens with one attached hydrogen (secondary N) is 1. The summed E-state index contributed by atoms with van der Waals surface area (Å²) in [6.45, 7) is 2.83. The molecular formula is C13H12F3N5. The topological polar surface area (TPSA) is 66.5 Å². The maximum Gasteiger partial charge on any atom is 0.417 e. The Morgan fingerprint density at radius 1 is 1.38 bits per heavy atom. The third-order valence-electron chi connectivity index (χ3n) is 2.93. The molecule has 2 rings (SSSR count). The third-order valence-corrected chi connectivity index (χ3v) is 2.93. The van der Waals surface area contributed by atoms with Crippen LogP contribution in [0.3, 0.4) is 0 Å². The van der Waals surface area contributed by atoms with Crippen molar-refractivity contribution in [2.75, 3.05) is 5.32 Å². The Morgan fingerprint density at radius 3 is 2.76 bits per heavy atom. The largest absolute Gasteiger partial charge is 0.417 e. The Hall–Kier alpha value is -2.56. The molecule has 0 bridgehead atoms. The summed E-state index contributed by atoms with van der Waals surface area (Å²) < 4.78 is 40.3. The van der Waals surface area contributed by atoms with E-state index in [9.17, 15) is 13.2 Å². The number of hydrogen-bond acceptors (Lipinski definition) is 4. The van der Waals surface area contributed by atoms with Crippen LogP contribution in [0.1, 0.15) is 23.9 Å². The predicted molar refractivity (Wildman–Crippen MR) is 69.2 cm³/mol. The highest BCUT2D eigenvalue weighted by Crippen LogP contribution is 2.33. The van der Waals surface area contributed by atoms with Crippen molar-refractivity contribution in [1.29, 1.82) is 5.26 Å². The molecular weight excluding hydrogens is 283 g/mol. The molecule has 1 aromatic heterocycles. The minimum absolute atomic E-state index is 0.247. The first-order valence-corrected chi connectivity index (χ1v) is 6.17. The Bertz CT molecular complexity index is 669. The number of nitriles is 1. The number of alkyl halides is 3. The summed E-state index contributed by atoms with van der Waals surface area (Å²) in [4.78, 5) is 0. The second-order valence-corrected chi connectivity index (χ2v) is 4.26. The number of aromatic nitrogens is 3. The lowest BCUT2D eigenvalue weighted by molar-refractivity contribution is -0.137. The van der Waals surface area contributed by atoms with Gasteiger partial charge in [0.05, 0.1) is 23.7 Å². The molecule has 0 aliphatic carbocycles. The second kappa shape index (κ2) is 5.83. The highest BCUT2D eigenvalue weighted by Gasteiger charge is 2.33. The molecule has 21 heavy (non-hydrogen) atoms. The summed E-state index contributed by atoms with van der Waals surface area (Å²) in [5.41, 5.74) is -1.08. The summed E-state index contributed by atoms with van der Waals surface area (Å²) in [5, 5.41) is 19.2. The summed E-state index contributed by atoms with van der Waals surface area (Å²) in [7, 11) is 0. The van der Waals surface area contributed by atoms with Gasteiger partial charge in [-0.15, -0.1) is 10.2 Å². The second-order valence-electron chi connectivity index (χ2n) is 4.26. The van der Waals surface area contributed by atoms with Crippen molar-refractivity contribution in [3.63, 3.8) is 0 Å². The van der Waals surface area contributed by atoms with Crippen molar-refractivity contribution < 1.29 is 13.2 Å². The first-order chi connectivity index (χ1) is 9.95. The average Bonchev–Trinajstić information content (AvgIpc) is 2.91. The molecule has 110 valence electrons. The molecule has 0 atom stereocenters. The normalized spacial score (nSPS) is 11.2. The van der Waals surface area contributed by atoms with Gasteiger partial charge in [-0.05, 0) is 25.1 Å². The van der Waals surface area contributed by atoms with E-state index < -0.39 is 17.3 Å². The van der Waals surface area contributed by atoms with Gasteiger partial charge in [-0.2, -0.15) is 18.4 Å². The molecule has 5 nitrogen and oxygen atoms in total. The van der Waals surface area contributed by atoms with Crippen molar-refractivity contribution in [1.82, 2.24) is 14.8 Å². The zero-order valence-electron chi connectivity index (χ0n) is 11.1.